The van der Waals surface area contributed by atoms with Crippen molar-refractivity contribution in [3.8, 4) is 11.5 Å². The summed E-state index contributed by atoms with van der Waals surface area (Å²) in [6, 6.07) is 16.8. The van der Waals surface area contributed by atoms with Gasteiger partial charge in [0.2, 0.25) is 5.91 Å². The maximum Gasteiger partial charge on any atom is 0.241 e. The average molecular weight is 354 g/mol. The Bertz CT molecular complexity index is 708. The lowest BCUT2D eigenvalue weighted by atomic mass is 10.1. The zero-order chi connectivity index (χ0) is 18.5. The van der Waals surface area contributed by atoms with Gasteiger partial charge in [-0.05, 0) is 57.2 Å². The smallest absolute Gasteiger partial charge is 0.241 e. The van der Waals surface area contributed by atoms with Crippen LogP contribution in [0, 0.1) is 0 Å². The van der Waals surface area contributed by atoms with E-state index in [-0.39, 0.29) is 24.2 Å². The summed E-state index contributed by atoms with van der Waals surface area (Å²) in [5.74, 6) is 1.51. The van der Waals surface area contributed by atoms with Crippen LogP contribution in [0.25, 0.3) is 0 Å². The number of amides is 1. The van der Waals surface area contributed by atoms with Crippen molar-refractivity contribution < 1.29 is 14.3 Å². The molecule has 2 aromatic rings. The fourth-order valence-corrected chi connectivity index (χ4v) is 3.18. The summed E-state index contributed by atoms with van der Waals surface area (Å²) < 4.78 is 11.5. The molecule has 5 heteroatoms. The van der Waals surface area contributed by atoms with Crippen LogP contribution < -0.4 is 10.1 Å². The topological polar surface area (TPSA) is 50.8 Å². The molecular weight excluding hydrogens is 328 g/mol. The molecular formula is C21H26N2O3. The third-order valence-electron chi connectivity index (χ3n) is 4.48. The summed E-state index contributed by atoms with van der Waals surface area (Å²) in [5, 5.41) is 2.98. The van der Waals surface area contributed by atoms with E-state index in [0.29, 0.717) is 0 Å². The van der Waals surface area contributed by atoms with Crippen molar-refractivity contribution in [2.75, 3.05) is 18.4 Å². The molecule has 0 bridgehead atoms. The van der Waals surface area contributed by atoms with E-state index in [9.17, 15) is 4.79 Å². The van der Waals surface area contributed by atoms with Gasteiger partial charge in [-0.15, -0.1) is 0 Å². The number of hydrogen-bond acceptors (Lipinski definition) is 4. The van der Waals surface area contributed by atoms with Crippen LogP contribution in [0.3, 0.4) is 0 Å². The Morgan fingerprint density at radius 3 is 2.23 bits per heavy atom. The third-order valence-corrected chi connectivity index (χ3v) is 4.48. The number of anilines is 1. The molecule has 0 aromatic heterocycles. The Morgan fingerprint density at radius 2 is 1.62 bits per heavy atom. The molecule has 0 radical (unpaired) electrons. The lowest BCUT2D eigenvalue weighted by Crippen LogP contribution is -2.52. The minimum Gasteiger partial charge on any atom is -0.457 e. The van der Waals surface area contributed by atoms with Crippen molar-refractivity contribution in [3.05, 3.63) is 54.6 Å². The average Bonchev–Trinajstić information content (AvgIpc) is 2.63. The summed E-state index contributed by atoms with van der Waals surface area (Å²) in [4.78, 5) is 14.7. The van der Waals surface area contributed by atoms with E-state index >= 15 is 0 Å². The van der Waals surface area contributed by atoms with Crippen molar-refractivity contribution in [1.82, 2.24) is 4.90 Å². The molecule has 1 N–H and O–H groups in total. The van der Waals surface area contributed by atoms with Crippen LogP contribution in [0.4, 0.5) is 5.69 Å². The maximum atomic E-state index is 12.6. The molecule has 1 aliphatic heterocycles. The number of rotatable bonds is 5. The van der Waals surface area contributed by atoms with Crippen LogP contribution >= 0.6 is 0 Å². The molecule has 1 aliphatic rings. The second-order valence-electron chi connectivity index (χ2n) is 6.82. The highest BCUT2D eigenvalue weighted by Crippen LogP contribution is 2.23. The summed E-state index contributed by atoms with van der Waals surface area (Å²) in [7, 11) is 0. The van der Waals surface area contributed by atoms with E-state index in [1.807, 2.05) is 75.4 Å². The molecule has 1 amide bonds. The minimum absolute atomic E-state index is 0.0111. The van der Waals surface area contributed by atoms with Gasteiger partial charge in [-0.1, -0.05) is 18.2 Å². The SMILES string of the molecule is CC1CN(C(C)C(=O)Nc2ccc(Oc3ccccc3)cc2)CC(C)O1. The molecule has 1 heterocycles. The Kier molecular flexibility index (Phi) is 5.91. The second-order valence-corrected chi connectivity index (χ2v) is 6.82. The van der Waals surface area contributed by atoms with Gasteiger partial charge >= 0.3 is 0 Å². The molecule has 3 rings (SSSR count). The molecule has 5 nitrogen and oxygen atoms in total. The van der Waals surface area contributed by atoms with Gasteiger partial charge in [0, 0.05) is 18.8 Å². The standard InChI is InChI=1S/C21H26N2O3/c1-15-13-23(14-16(2)25-15)17(3)21(24)22-18-9-11-20(12-10-18)26-19-7-5-4-6-8-19/h4-12,15-17H,13-14H2,1-3H3,(H,22,24). The first kappa shape index (κ1) is 18.4. The Morgan fingerprint density at radius 1 is 1.04 bits per heavy atom. The van der Waals surface area contributed by atoms with Crippen LogP contribution in [0.5, 0.6) is 11.5 Å². The second kappa shape index (κ2) is 8.34. The molecule has 26 heavy (non-hydrogen) atoms. The fourth-order valence-electron chi connectivity index (χ4n) is 3.18. The fraction of sp³-hybridized carbons (Fsp3) is 0.381. The molecule has 1 saturated heterocycles. The first-order valence-electron chi connectivity index (χ1n) is 9.04. The number of carbonyl (C=O) groups is 1. The zero-order valence-electron chi connectivity index (χ0n) is 15.5. The van der Waals surface area contributed by atoms with Gasteiger partial charge in [-0.3, -0.25) is 9.69 Å². The third kappa shape index (κ3) is 4.84. The number of ether oxygens (including phenoxy) is 2. The highest BCUT2D eigenvalue weighted by molar-refractivity contribution is 5.94. The van der Waals surface area contributed by atoms with Gasteiger partial charge in [-0.2, -0.15) is 0 Å². The van der Waals surface area contributed by atoms with E-state index < -0.39 is 0 Å². The van der Waals surface area contributed by atoms with Gasteiger partial charge in [0.15, 0.2) is 0 Å². The largest absolute Gasteiger partial charge is 0.457 e. The first-order chi connectivity index (χ1) is 12.5. The molecule has 2 aromatic carbocycles. The Labute approximate surface area is 154 Å². The van der Waals surface area contributed by atoms with Crippen LogP contribution in [0.2, 0.25) is 0 Å². The van der Waals surface area contributed by atoms with Crippen molar-refractivity contribution in [1.29, 1.82) is 0 Å². The molecule has 3 unspecified atom stereocenters. The summed E-state index contributed by atoms with van der Waals surface area (Å²) in [5.41, 5.74) is 0.761. The number of carbonyl (C=O) groups excluding carboxylic acids is 1. The predicted molar refractivity (Wildman–Crippen MR) is 103 cm³/mol. The van der Waals surface area contributed by atoms with E-state index in [1.54, 1.807) is 0 Å². The van der Waals surface area contributed by atoms with E-state index in [4.69, 9.17) is 9.47 Å². The summed E-state index contributed by atoms with van der Waals surface area (Å²) in [6.45, 7) is 7.55. The monoisotopic (exact) mass is 354 g/mol. The lowest BCUT2D eigenvalue weighted by molar-refractivity contribution is -0.126. The maximum absolute atomic E-state index is 12.6. The summed E-state index contributed by atoms with van der Waals surface area (Å²) in [6.07, 6.45) is 0.284. The normalized spacial score (nSPS) is 21.8. The number of nitrogens with one attached hydrogen (secondary N) is 1. The highest BCUT2D eigenvalue weighted by atomic mass is 16.5. The van der Waals surface area contributed by atoms with Gasteiger partial charge in [-0.25, -0.2) is 0 Å². The highest BCUT2D eigenvalue weighted by Gasteiger charge is 2.29. The number of morpholine rings is 1. The van der Waals surface area contributed by atoms with E-state index in [0.717, 1.165) is 30.3 Å². The molecule has 0 aliphatic carbocycles. The Balaban J connectivity index is 1.57. The van der Waals surface area contributed by atoms with Gasteiger partial charge < -0.3 is 14.8 Å². The Hall–Kier alpha value is -2.37. The van der Waals surface area contributed by atoms with E-state index in [1.165, 1.54) is 0 Å². The predicted octanol–water partition coefficient (Wildman–Crippen LogP) is 3.92. The van der Waals surface area contributed by atoms with Crippen LogP contribution in [-0.2, 0) is 9.53 Å². The molecule has 1 fully saturated rings. The lowest BCUT2D eigenvalue weighted by Gasteiger charge is -2.38. The summed E-state index contributed by atoms with van der Waals surface area (Å²) >= 11 is 0. The van der Waals surface area contributed by atoms with Crippen LogP contribution in [0.15, 0.2) is 54.6 Å². The van der Waals surface area contributed by atoms with Gasteiger partial charge in [0.25, 0.3) is 0 Å². The van der Waals surface area contributed by atoms with Crippen molar-refractivity contribution in [2.24, 2.45) is 0 Å². The molecule has 138 valence electrons. The van der Waals surface area contributed by atoms with E-state index in [2.05, 4.69) is 10.2 Å². The molecule has 0 saturated carbocycles. The zero-order valence-corrected chi connectivity index (χ0v) is 15.5. The number of para-hydroxylation sites is 1. The minimum atomic E-state index is -0.205. The first-order valence-corrected chi connectivity index (χ1v) is 9.04. The van der Waals surface area contributed by atoms with Gasteiger partial charge in [0.1, 0.15) is 11.5 Å². The number of hydrogen-bond donors (Lipinski definition) is 1. The molecule has 3 atom stereocenters. The van der Waals surface area contributed by atoms with Crippen molar-refractivity contribution in [2.45, 2.75) is 39.0 Å². The van der Waals surface area contributed by atoms with Crippen LogP contribution in [-0.4, -0.2) is 42.1 Å². The van der Waals surface area contributed by atoms with Crippen molar-refractivity contribution in [3.63, 3.8) is 0 Å². The number of benzene rings is 2. The van der Waals surface area contributed by atoms with Gasteiger partial charge in [0.05, 0.1) is 18.2 Å². The molecule has 0 spiro atoms. The van der Waals surface area contributed by atoms with Crippen LogP contribution in [0.1, 0.15) is 20.8 Å². The number of nitrogens with zero attached hydrogens (tertiary/aromatic N) is 1. The quantitative estimate of drug-likeness (QED) is 0.884. The van der Waals surface area contributed by atoms with Crippen molar-refractivity contribution >= 4 is 11.6 Å².